The lowest BCUT2D eigenvalue weighted by Crippen LogP contribution is -2.33. The molecule has 0 saturated carbocycles. The van der Waals surface area contributed by atoms with Crippen molar-refractivity contribution in [2.45, 2.75) is 25.7 Å². The van der Waals surface area contributed by atoms with E-state index in [1.54, 1.807) is 36.7 Å². The number of hydrogen-bond donors (Lipinski definition) is 2. The van der Waals surface area contributed by atoms with Gasteiger partial charge in [-0.1, -0.05) is 6.42 Å². The minimum atomic E-state index is -0.249. The summed E-state index contributed by atoms with van der Waals surface area (Å²) in [4.78, 5) is 36.1. The number of carbonyl (C=O) groups is 1. The highest BCUT2D eigenvalue weighted by atomic mass is 16.5. The Kier molecular flexibility index (Phi) is 6.96. The summed E-state index contributed by atoms with van der Waals surface area (Å²) in [5, 5.41) is 5.87. The molecule has 3 aromatic heterocycles. The third-order valence-electron chi connectivity index (χ3n) is 5.65. The number of nitrogens with zero attached hydrogens (tertiary/aromatic N) is 4. The minimum absolute atomic E-state index is 0.161. The lowest BCUT2D eigenvalue weighted by atomic mass is 10.1. The molecule has 4 heterocycles. The second-order valence-corrected chi connectivity index (χ2v) is 7.83. The van der Waals surface area contributed by atoms with Gasteiger partial charge in [0.05, 0.1) is 18.2 Å². The molecule has 3 aromatic rings. The van der Waals surface area contributed by atoms with Gasteiger partial charge in [0.15, 0.2) is 5.82 Å². The molecule has 1 amide bonds. The van der Waals surface area contributed by atoms with Gasteiger partial charge in [0.25, 0.3) is 11.5 Å². The summed E-state index contributed by atoms with van der Waals surface area (Å²) in [5.74, 6) is 0.675. The van der Waals surface area contributed by atoms with Crippen molar-refractivity contribution >= 4 is 5.91 Å². The fourth-order valence-corrected chi connectivity index (χ4v) is 3.88. The standard InChI is InChI=1S/C23H28N6O3/c1-32-21-14-17(8-10-24-21)19-16-27-29(23(19)31)20-7-6-18(15-26-20)22(30)25-9-5-13-28-11-3-2-4-12-28/h6-8,10,14-16,27H,2-5,9,11-13H2,1H3,(H,25,30). The molecule has 0 radical (unpaired) electrons. The molecule has 0 aliphatic carbocycles. The van der Waals surface area contributed by atoms with E-state index < -0.39 is 0 Å². The van der Waals surface area contributed by atoms with Crippen LogP contribution in [0.15, 0.2) is 47.7 Å². The Morgan fingerprint density at radius 3 is 2.78 bits per heavy atom. The Morgan fingerprint density at radius 2 is 2.03 bits per heavy atom. The molecule has 1 aliphatic heterocycles. The smallest absolute Gasteiger partial charge is 0.280 e. The maximum Gasteiger partial charge on any atom is 0.280 e. The van der Waals surface area contributed by atoms with E-state index in [9.17, 15) is 9.59 Å². The number of piperidine rings is 1. The predicted octanol–water partition coefficient (Wildman–Crippen LogP) is 2.24. The quantitative estimate of drug-likeness (QED) is 0.525. The van der Waals surface area contributed by atoms with Crippen LogP contribution in [0, 0.1) is 0 Å². The molecule has 4 rings (SSSR count). The SMILES string of the molecule is COc1cc(-c2c[nH]n(-c3ccc(C(=O)NCCCN4CCCCC4)cn3)c2=O)ccn1. The van der Waals surface area contributed by atoms with Crippen molar-refractivity contribution in [2.24, 2.45) is 0 Å². The molecular formula is C23H28N6O3. The van der Waals surface area contributed by atoms with Gasteiger partial charge in [0, 0.05) is 31.2 Å². The van der Waals surface area contributed by atoms with Gasteiger partial charge in [-0.25, -0.2) is 14.6 Å². The fraction of sp³-hybridized carbons (Fsp3) is 0.391. The third kappa shape index (κ3) is 5.05. The van der Waals surface area contributed by atoms with Crippen molar-refractivity contribution in [1.29, 1.82) is 0 Å². The van der Waals surface area contributed by atoms with Crippen LogP contribution < -0.4 is 15.6 Å². The highest BCUT2D eigenvalue weighted by Gasteiger charge is 2.13. The average molecular weight is 437 g/mol. The van der Waals surface area contributed by atoms with Gasteiger partial charge in [-0.3, -0.25) is 14.7 Å². The van der Waals surface area contributed by atoms with Crippen molar-refractivity contribution in [3.63, 3.8) is 0 Å². The maximum atomic E-state index is 12.8. The van der Waals surface area contributed by atoms with Crippen LogP contribution in [0.1, 0.15) is 36.0 Å². The predicted molar refractivity (Wildman–Crippen MR) is 121 cm³/mol. The van der Waals surface area contributed by atoms with Crippen LogP contribution in [0.3, 0.4) is 0 Å². The molecule has 32 heavy (non-hydrogen) atoms. The van der Waals surface area contributed by atoms with Crippen LogP contribution >= 0.6 is 0 Å². The van der Waals surface area contributed by atoms with Crippen molar-refractivity contribution in [1.82, 2.24) is 30.0 Å². The Bertz CT molecular complexity index is 1100. The molecule has 168 valence electrons. The highest BCUT2D eigenvalue weighted by molar-refractivity contribution is 5.93. The molecule has 9 heteroatoms. The molecule has 0 spiro atoms. The van der Waals surface area contributed by atoms with Gasteiger partial charge in [-0.2, -0.15) is 0 Å². The Hall–Kier alpha value is -3.46. The number of amides is 1. The van der Waals surface area contributed by atoms with Crippen LogP contribution in [0.2, 0.25) is 0 Å². The first-order chi connectivity index (χ1) is 15.7. The number of likely N-dealkylation sites (tertiary alicyclic amines) is 1. The first-order valence-corrected chi connectivity index (χ1v) is 10.9. The lowest BCUT2D eigenvalue weighted by molar-refractivity contribution is 0.0950. The van der Waals surface area contributed by atoms with Gasteiger partial charge >= 0.3 is 0 Å². The number of hydrogen-bond acceptors (Lipinski definition) is 6. The average Bonchev–Trinajstić information content (AvgIpc) is 3.23. The molecule has 0 bridgehead atoms. The Balaban J connectivity index is 1.36. The summed E-state index contributed by atoms with van der Waals surface area (Å²) >= 11 is 0. The first kappa shape index (κ1) is 21.8. The highest BCUT2D eigenvalue weighted by Crippen LogP contribution is 2.19. The topological polar surface area (TPSA) is 105 Å². The van der Waals surface area contributed by atoms with E-state index in [1.807, 2.05) is 0 Å². The summed E-state index contributed by atoms with van der Waals surface area (Å²) in [6.45, 7) is 3.96. The summed E-state index contributed by atoms with van der Waals surface area (Å²) in [6, 6.07) is 6.76. The van der Waals surface area contributed by atoms with E-state index in [0.717, 1.165) is 26.1 Å². The largest absolute Gasteiger partial charge is 0.481 e. The molecule has 1 saturated heterocycles. The second-order valence-electron chi connectivity index (χ2n) is 7.83. The Morgan fingerprint density at radius 1 is 1.19 bits per heavy atom. The van der Waals surface area contributed by atoms with Crippen molar-refractivity contribution < 1.29 is 9.53 Å². The van der Waals surface area contributed by atoms with E-state index >= 15 is 0 Å². The number of rotatable bonds is 8. The molecule has 9 nitrogen and oxygen atoms in total. The number of pyridine rings is 2. The zero-order valence-corrected chi connectivity index (χ0v) is 18.2. The van der Waals surface area contributed by atoms with Crippen LogP contribution in [-0.2, 0) is 0 Å². The third-order valence-corrected chi connectivity index (χ3v) is 5.65. The zero-order valence-electron chi connectivity index (χ0n) is 18.2. The van der Waals surface area contributed by atoms with Crippen LogP contribution in [0.25, 0.3) is 16.9 Å². The van der Waals surface area contributed by atoms with E-state index in [2.05, 4.69) is 25.3 Å². The van der Waals surface area contributed by atoms with Crippen molar-refractivity contribution in [3.05, 3.63) is 58.8 Å². The number of aromatic amines is 1. The molecule has 0 unspecified atom stereocenters. The summed E-state index contributed by atoms with van der Waals surface area (Å²) in [6.07, 6.45) is 9.48. The van der Waals surface area contributed by atoms with E-state index in [0.29, 0.717) is 34.9 Å². The number of nitrogens with one attached hydrogen (secondary N) is 2. The lowest BCUT2D eigenvalue weighted by Gasteiger charge is -2.26. The minimum Gasteiger partial charge on any atom is -0.481 e. The molecule has 1 fully saturated rings. The maximum absolute atomic E-state index is 12.8. The first-order valence-electron chi connectivity index (χ1n) is 10.9. The van der Waals surface area contributed by atoms with Gasteiger partial charge in [-0.15, -0.1) is 0 Å². The normalized spacial score (nSPS) is 14.3. The number of carbonyl (C=O) groups excluding carboxylic acids is 1. The van der Waals surface area contributed by atoms with E-state index in [-0.39, 0.29) is 11.5 Å². The van der Waals surface area contributed by atoms with E-state index in [4.69, 9.17) is 4.74 Å². The molecular weight excluding hydrogens is 408 g/mol. The molecule has 2 N–H and O–H groups in total. The van der Waals surface area contributed by atoms with E-state index in [1.165, 1.54) is 37.3 Å². The molecule has 0 atom stereocenters. The molecule has 0 aromatic carbocycles. The zero-order chi connectivity index (χ0) is 22.3. The summed E-state index contributed by atoms with van der Waals surface area (Å²) < 4.78 is 6.46. The number of methoxy groups -OCH3 is 1. The van der Waals surface area contributed by atoms with Crippen LogP contribution in [-0.4, -0.2) is 63.8 Å². The van der Waals surface area contributed by atoms with Crippen molar-refractivity contribution in [2.75, 3.05) is 33.3 Å². The van der Waals surface area contributed by atoms with Crippen LogP contribution in [0.4, 0.5) is 0 Å². The van der Waals surface area contributed by atoms with Gasteiger partial charge < -0.3 is 15.0 Å². The summed E-state index contributed by atoms with van der Waals surface area (Å²) in [5.41, 5.74) is 1.38. The second kappa shape index (κ2) is 10.2. The van der Waals surface area contributed by atoms with Crippen molar-refractivity contribution in [3.8, 4) is 22.8 Å². The number of aromatic nitrogens is 4. The Labute approximate surface area is 186 Å². The van der Waals surface area contributed by atoms with Gasteiger partial charge in [0.2, 0.25) is 5.88 Å². The monoisotopic (exact) mass is 436 g/mol. The van der Waals surface area contributed by atoms with Gasteiger partial charge in [-0.05, 0) is 62.7 Å². The fourth-order valence-electron chi connectivity index (χ4n) is 3.88. The number of H-pyrrole nitrogens is 1. The molecule has 1 aliphatic rings. The summed E-state index contributed by atoms with van der Waals surface area (Å²) in [7, 11) is 1.53. The van der Waals surface area contributed by atoms with Gasteiger partial charge in [0.1, 0.15) is 0 Å². The van der Waals surface area contributed by atoms with Crippen LogP contribution in [0.5, 0.6) is 5.88 Å². The number of ether oxygens (including phenoxy) is 1.